The van der Waals surface area contributed by atoms with E-state index in [9.17, 15) is 39.5 Å². The number of rotatable bonds is 10. The van der Waals surface area contributed by atoms with Crippen LogP contribution in [0.4, 0.5) is 0 Å². The van der Waals surface area contributed by atoms with E-state index in [-0.39, 0.29) is 47.9 Å². The van der Waals surface area contributed by atoms with E-state index in [1.165, 1.54) is 31.4 Å². The number of Topliss-reactive ketones (excluding diaryl/α,β-unsaturated/α-hetero) is 1. The van der Waals surface area contributed by atoms with E-state index in [0.717, 1.165) is 18.1 Å². The molecule has 4 aliphatic carbocycles. The number of nitrogens with zero attached hydrogens (tertiary/aromatic N) is 1. The van der Waals surface area contributed by atoms with Crippen LogP contribution in [0.25, 0.3) is 6.08 Å². The van der Waals surface area contributed by atoms with Crippen LogP contribution in [0, 0.1) is 38.7 Å². The number of esters is 2. The standard InChI is InChI=1S/C33H37NO12/c1-31-12-10-21(35)15-20(31)6-7-22-23-11-13-33(40,32(23,2)16-24(36)30(22)31)27(37)17-44-28(38)9-5-19-4-8-25(26(14-19)43-3)46-29(39)18-45-34(41)42/h4-5,8-10,12,14-15,22-24,30,36,40H,6-7,11,13,16-18H2,1-3H3/b9-5+/t22-,23-,24-,30+,31-,32-,33-/m0/s1. The van der Waals surface area contributed by atoms with Crippen LogP contribution in [-0.2, 0) is 28.8 Å². The number of ketones is 2. The number of allylic oxidation sites excluding steroid dienone is 4. The molecule has 0 aliphatic heterocycles. The number of fused-ring (bicyclic) bond motifs is 5. The van der Waals surface area contributed by atoms with Gasteiger partial charge in [-0.2, -0.15) is 0 Å². The Bertz CT molecular complexity index is 1550. The summed E-state index contributed by atoms with van der Waals surface area (Å²) in [6.45, 7) is 2.35. The van der Waals surface area contributed by atoms with Crippen LogP contribution >= 0.6 is 0 Å². The van der Waals surface area contributed by atoms with Crippen LogP contribution in [0.15, 0.2) is 48.1 Å². The highest BCUT2D eigenvalue weighted by atomic mass is 17.0. The fourth-order valence-corrected chi connectivity index (χ4v) is 8.39. The maximum atomic E-state index is 13.5. The molecule has 4 aliphatic rings. The van der Waals surface area contributed by atoms with Gasteiger partial charge in [0.1, 0.15) is 5.60 Å². The Balaban J connectivity index is 1.21. The second-order valence-corrected chi connectivity index (χ2v) is 12.9. The molecule has 1 aromatic rings. The molecular formula is C33H37NO12. The Morgan fingerprint density at radius 2 is 1.91 bits per heavy atom. The molecule has 7 atom stereocenters. The summed E-state index contributed by atoms with van der Waals surface area (Å²) in [5.74, 6) is -2.56. The van der Waals surface area contributed by atoms with Crippen LogP contribution in [0.3, 0.4) is 0 Å². The zero-order valence-corrected chi connectivity index (χ0v) is 25.8. The Labute approximate surface area is 264 Å². The van der Waals surface area contributed by atoms with E-state index >= 15 is 0 Å². The Morgan fingerprint density at radius 1 is 1.15 bits per heavy atom. The highest BCUT2D eigenvalue weighted by molar-refractivity contribution is 6.01. The first-order chi connectivity index (χ1) is 21.7. The van der Waals surface area contributed by atoms with Gasteiger partial charge in [-0.25, -0.2) is 9.59 Å². The second kappa shape index (κ2) is 12.4. The summed E-state index contributed by atoms with van der Waals surface area (Å²) < 4.78 is 15.4. The normalized spacial score (nSPS) is 32.9. The number of carbonyl (C=O) groups is 4. The number of carbonyl (C=O) groups excluding carboxylic acids is 4. The number of hydrogen-bond donors (Lipinski definition) is 2. The molecule has 246 valence electrons. The molecule has 0 amide bonds. The molecule has 3 saturated carbocycles. The van der Waals surface area contributed by atoms with Gasteiger partial charge in [-0.1, -0.05) is 31.6 Å². The Morgan fingerprint density at radius 3 is 2.63 bits per heavy atom. The molecule has 5 rings (SSSR count). The first kappa shape index (κ1) is 33.0. The zero-order chi connectivity index (χ0) is 33.4. The molecule has 2 N–H and O–H groups in total. The molecule has 3 fully saturated rings. The lowest BCUT2D eigenvalue weighted by atomic mass is 9.46. The third-order valence-electron chi connectivity index (χ3n) is 10.6. The summed E-state index contributed by atoms with van der Waals surface area (Å²) in [6.07, 6.45) is 9.27. The summed E-state index contributed by atoms with van der Waals surface area (Å²) in [6, 6.07) is 4.30. The maximum absolute atomic E-state index is 13.5. The van der Waals surface area contributed by atoms with Crippen molar-refractivity contribution in [2.75, 3.05) is 20.3 Å². The predicted octanol–water partition coefficient (Wildman–Crippen LogP) is 2.94. The third-order valence-corrected chi connectivity index (χ3v) is 10.6. The molecule has 0 heterocycles. The summed E-state index contributed by atoms with van der Waals surface area (Å²) in [7, 11) is 1.32. The Kier molecular flexibility index (Phi) is 8.93. The lowest BCUT2D eigenvalue weighted by Gasteiger charge is -2.59. The van der Waals surface area contributed by atoms with Crippen molar-refractivity contribution in [3.05, 3.63) is 63.8 Å². The number of aliphatic hydroxyl groups is 2. The molecule has 0 spiro atoms. The first-order valence-electron chi connectivity index (χ1n) is 15.1. The van der Waals surface area contributed by atoms with Crippen molar-refractivity contribution in [1.29, 1.82) is 0 Å². The quantitative estimate of drug-likeness (QED) is 0.125. The molecule has 0 aromatic heterocycles. The summed E-state index contributed by atoms with van der Waals surface area (Å²) in [5.41, 5.74) is -1.70. The monoisotopic (exact) mass is 639 g/mol. The topological polar surface area (TPSA) is 189 Å². The average molecular weight is 640 g/mol. The molecule has 0 bridgehead atoms. The molecule has 46 heavy (non-hydrogen) atoms. The minimum Gasteiger partial charge on any atom is -0.493 e. The van der Waals surface area contributed by atoms with E-state index < -0.39 is 58.6 Å². The number of benzene rings is 1. The summed E-state index contributed by atoms with van der Waals surface area (Å²) in [4.78, 5) is 64.0. The maximum Gasteiger partial charge on any atom is 0.337 e. The molecule has 13 heteroatoms. The van der Waals surface area contributed by atoms with Crippen molar-refractivity contribution in [2.45, 2.75) is 57.7 Å². The van der Waals surface area contributed by atoms with E-state index in [1.54, 1.807) is 12.2 Å². The van der Waals surface area contributed by atoms with Gasteiger partial charge in [0.15, 0.2) is 30.5 Å². The van der Waals surface area contributed by atoms with Crippen molar-refractivity contribution < 1.29 is 53.5 Å². The summed E-state index contributed by atoms with van der Waals surface area (Å²) >= 11 is 0. The highest BCUT2D eigenvalue weighted by Crippen LogP contribution is 2.67. The van der Waals surface area contributed by atoms with Crippen molar-refractivity contribution in [3.63, 3.8) is 0 Å². The largest absolute Gasteiger partial charge is 0.493 e. The first-order valence-corrected chi connectivity index (χ1v) is 15.1. The predicted molar refractivity (Wildman–Crippen MR) is 160 cm³/mol. The van der Waals surface area contributed by atoms with Crippen molar-refractivity contribution in [1.82, 2.24) is 0 Å². The minimum atomic E-state index is -1.78. The fourth-order valence-electron chi connectivity index (χ4n) is 8.39. The summed E-state index contributed by atoms with van der Waals surface area (Å²) in [5, 5.41) is 32.5. The van der Waals surface area contributed by atoms with Crippen LogP contribution in [0.2, 0.25) is 0 Å². The van der Waals surface area contributed by atoms with Gasteiger partial charge >= 0.3 is 11.9 Å². The molecular weight excluding hydrogens is 602 g/mol. The number of ether oxygens (including phenoxy) is 3. The van der Waals surface area contributed by atoms with Crippen LogP contribution in [0.5, 0.6) is 11.5 Å². The van der Waals surface area contributed by atoms with Crippen LogP contribution < -0.4 is 9.47 Å². The van der Waals surface area contributed by atoms with Gasteiger partial charge in [0.25, 0.3) is 5.09 Å². The van der Waals surface area contributed by atoms with Gasteiger partial charge in [0.2, 0.25) is 5.78 Å². The SMILES string of the molecule is COc1cc(/C=C/C(=O)OCC(=O)[C@@]2(O)CC[C@H]3[C@@H]4CCC5=CC(=O)C=C[C@]5(C)[C@H]4[C@@H](O)C[C@@]32C)ccc1OC(=O)CO[N+](=O)[O-]. The number of methoxy groups -OCH3 is 1. The lowest BCUT2D eigenvalue weighted by Crippen LogP contribution is -2.61. The molecule has 0 radical (unpaired) electrons. The van der Waals surface area contributed by atoms with Crippen molar-refractivity contribution >= 4 is 29.6 Å². The van der Waals surface area contributed by atoms with E-state index in [4.69, 9.17) is 14.2 Å². The lowest BCUT2D eigenvalue weighted by molar-refractivity contribution is -0.754. The smallest absolute Gasteiger partial charge is 0.337 e. The zero-order valence-electron chi connectivity index (χ0n) is 25.8. The number of hydrogen-bond acceptors (Lipinski definition) is 12. The molecule has 1 aromatic carbocycles. The van der Waals surface area contributed by atoms with Gasteiger partial charge in [-0.15, -0.1) is 10.1 Å². The van der Waals surface area contributed by atoms with Gasteiger partial charge in [0.05, 0.1) is 13.2 Å². The number of aliphatic hydroxyl groups excluding tert-OH is 1. The van der Waals surface area contributed by atoms with E-state index in [1.807, 2.05) is 13.0 Å². The van der Waals surface area contributed by atoms with E-state index in [2.05, 4.69) is 11.8 Å². The molecule has 13 nitrogen and oxygen atoms in total. The van der Waals surface area contributed by atoms with Gasteiger partial charge < -0.3 is 29.3 Å². The van der Waals surface area contributed by atoms with Crippen molar-refractivity contribution in [3.8, 4) is 11.5 Å². The van der Waals surface area contributed by atoms with Crippen molar-refractivity contribution in [2.24, 2.45) is 28.6 Å². The Hall–Kier alpha value is -4.36. The third kappa shape index (κ3) is 5.84. The molecule has 0 saturated heterocycles. The van der Waals surface area contributed by atoms with Gasteiger partial charge in [0, 0.05) is 22.8 Å². The molecule has 0 unspecified atom stereocenters. The average Bonchev–Trinajstić information content (AvgIpc) is 3.28. The highest BCUT2D eigenvalue weighted by Gasteiger charge is 2.68. The van der Waals surface area contributed by atoms with Crippen LogP contribution in [0.1, 0.15) is 51.5 Å². The van der Waals surface area contributed by atoms with Gasteiger partial charge in [-0.3, -0.25) is 9.59 Å². The van der Waals surface area contributed by atoms with Crippen LogP contribution in [-0.4, -0.2) is 70.8 Å². The second-order valence-electron chi connectivity index (χ2n) is 12.9. The van der Waals surface area contributed by atoms with Gasteiger partial charge in [-0.05, 0) is 79.9 Å². The van der Waals surface area contributed by atoms with E-state index in [0.29, 0.717) is 18.4 Å². The fraction of sp³-hybridized carbons (Fsp3) is 0.515. The minimum absolute atomic E-state index is 0.0231.